The molecule has 3 atom stereocenters. The maximum atomic E-state index is 13.5. The van der Waals surface area contributed by atoms with Crippen LogP contribution in [0.25, 0.3) is 10.4 Å². The SMILES string of the molecule is Cc1ncsc1-c1ccc(CNC(=O)[C@@H]2C[C@@H](O)CN2C(=O)C(c2cnccn2)C(C)C)cc1. The number of carbonyl (C=O) groups excluding carboxylic acids is 2. The molecular weight excluding hydrogens is 450 g/mol. The summed E-state index contributed by atoms with van der Waals surface area (Å²) < 4.78 is 0. The standard InChI is InChI=1S/C25H29N5O3S/c1-15(2)22(20-12-26-8-9-27-20)25(33)30-13-19(31)10-21(30)24(32)28-11-17-4-6-18(7-5-17)23-16(3)29-14-34-23/h4-9,12,14-15,19,21-22,31H,10-11,13H2,1-3H3,(H,28,32)/t19-,21+,22?/m1/s1. The molecule has 1 unspecified atom stereocenters. The third-order valence-electron chi connectivity index (χ3n) is 6.13. The molecule has 2 amide bonds. The number of amides is 2. The number of rotatable bonds is 7. The van der Waals surface area contributed by atoms with Crippen LogP contribution in [0.3, 0.4) is 0 Å². The molecule has 1 fully saturated rings. The van der Waals surface area contributed by atoms with Crippen LogP contribution in [0, 0.1) is 12.8 Å². The van der Waals surface area contributed by atoms with Gasteiger partial charge >= 0.3 is 0 Å². The number of benzene rings is 1. The molecule has 3 aromatic rings. The summed E-state index contributed by atoms with van der Waals surface area (Å²) in [5.41, 5.74) is 5.44. The first-order valence-electron chi connectivity index (χ1n) is 11.4. The van der Waals surface area contributed by atoms with Crippen LogP contribution in [0.4, 0.5) is 0 Å². The van der Waals surface area contributed by atoms with Crippen molar-refractivity contribution >= 4 is 23.2 Å². The van der Waals surface area contributed by atoms with E-state index >= 15 is 0 Å². The van der Waals surface area contributed by atoms with Gasteiger partial charge < -0.3 is 15.3 Å². The van der Waals surface area contributed by atoms with E-state index in [0.29, 0.717) is 12.2 Å². The number of nitrogens with one attached hydrogen (secondary N) is 1. The number of aromatic nitrogens is 3. The van der Waals surface area contributed by atoms with E-state index in [1.807, 2.05) is 50.5 Å². The fraction of sp³-hybridized carbons (Fsp3) is 0.400. The van der Waals surface area contributed by atoms with E-state index in [0.717, 1.165) is 21.7 Å². The molecule has 3 heterocycles. The molecule has 178 valence electrons. The highest BCUT2D eigenvalue weighted by molar-refractivity contribution is 7.13. The normalized spacial score (nSPS) is 18.8. The second-order valence-corrected chi connectivity index (χ2v) is 9.78. The third kappa shape index (κ3) is 5.15. The average Bonchev–Trinajstić information content (AvgIpc) is 3.44. The van der Waals surface area contributed by atoms with Crippen molar-refractivity contribution in [2.45, 2.75) is 51.8 Å². The van der Waals surface area contributed by atoms with Gasteiger partial charge in [0.15, 0.2) is 0 Å². The van der Waals surface area contributed by atoms with Crippen molar-refractivity contribution in [1.82, 2.24) is 25.2 Å². The first-order valence-corrected chi connectivity index (χ1v) is 12.2. The van der Waals surface area contributed by atoms with Crippen molar-refractivity contribution < 1.29 is 14.7 Å². The van der Waals surface area contributed by atoms with E-state index in [9.17, 15) is 14.7 Å². The lowest BCUT2D eigenvalue weighted by Crippen LogP contribution is -2.48. The van der Waals surface area contributed by atoms with Crippen LogP contribution in [-0.2, 0) is 16.1 Å². The number of nitrogens with zero attached hydrogens (tertiary/aromatic N) is 4. The summed E-state index contributed by atoms with van der Waals surface area (Å²) in [6.07, 6.45) is 4.18. The fourth-order valence-electron chi connectivity index (χ4n) is 4.37. The van der Waals surface area contributed by atoms with Crippen molar-refractivity contribution in [1.29, 1.82) is 0 Å². The van der Waals surface area contributed by atoms with Crippen LogP contribution < -0.4 is 5.32 Å². The Bertz CT molecular complexity index is 1130. The quantitative estimate of drug-likeness (QED) is 0.539. The molecule has 0 saturated carbocycles. The Balaban J connectivity index is 1.43. The van der Waals surface area contributed by atoms with Gasteiger partial charge in [0.1, 0.15) is 6.04 Å². The second kappa shape index (κ2) is 10.4. The van der Waals surface area contributed by atoms with Gasteiger partial charge in [0.25, 0.3) is 0 Å². The summed E-state index contributed by atoms with van der Waals surface area (Å²) in [5, 5.41) is 13.2. The Morgan fingerprint density at radius 1 is 1.21 bits per heavy atom. The van der Waals surface area contributed by atoms with Crippen LogP contribution in [0.1, 0.15) is 43.1 Å². The van der Waals surface area contributed by atoms with Crippen molar-refractivity contribution in [3.05, 3.63) is 65.3 Å². The van der Waals surface area contributed by atoms with Crippen LogP contribution in [0.15, 0.2) is 48.4 Å². The van der Waals surface area contributed by atoms with Crippen molar-refractivity contribution in [3.8, 4) is 10.4 Å². The average molecular weight is 480 g/mol. The molecule has 0 bridgehead atoms. The molecule has 8 nitrogen and oxygen atoms in total. The minimum atomic E-state index is -0.740. The van der Waals surface area contributed by atoms with Crippen LogP contribution in [0.2, 0.25) is 0 Å². The Hall–Kier alpha value is -3.17. The predicted molar refractivity (Wildman–Crippen MR) is 130 cm³/mol. The van der Waals surface area contributed by atoms with Crippen LogP contribution in [0.5, 0.6) is 0 Å². The highest BCUT2D eigenvalue weighted by Crippen LogP contribution is 2.30. The van der Waals surface area contributed by atoms with E-state index in [1.165, 1.54) is 4.90 Å². The van der Waals surface area contributed by atoms with Gasteiger partial charge in [-0.25, -0.2) is 4.98 Å². The highest BCUT2D eigenvalue weighted by atomic mass is 32.1. The summed E-state index contributed by atoms with van der Waals surface area (Å²) in [4.78, 5) is 41.8. The van der Waals surface area contributed by atoms with E-state index in [4.69, 9.17) is 0 Å². The number of aryl methyl sites for hydroxylation is 1. The number of thiazole rings is 1. The summed E-state index contributed by atoms with van der Waals surface area (Å²) >= 11 is 1.60. The summed E-state index contributed by atoms with van der Waals surface area (Å²) in [6.45, 7) is 6.33. The number of hydrogen-bond acceptors (Lipinski definition) is 7. The van der Waals surface area contributed by atoms with Crippen LogP contribution >= 0.6 is 11.3 Å². The highest BCUT2D eigenvalue weighted by Gasteiger charge is 2.42. The van der Waals surface area contributed by atoms with Gasteiger partial charge in [-0.1, -0.05) is 38.1 Å². The lowest BCUT2D eigenvalue weighted by Gasteiger charge is -2.29. The first-order chi connectivity index (χ1) is 16.3. The van der Waals surface area contributed by atoms with Gasteiger partial charge in [0.2, 0.25) is 11.8 Å². The van der Waals surface area contributed by atoms with E-state index in [2.05, 4.69) is 20.3 Å². The van der Waals surface area contributed by atoms with E-state index in [-0.39, 0.29) is 30.7 Å². The largest absolute Gasteiger partial charge is 0.391 e. The fourth-order valence-corrected chi connectivity index (χ4v) is 5.18. The van der Waals surface area contributed by atoms with Gasteiger partial charge in [0.05, 0.1) is 33.8 Å². The molecule has 1 saturated heterocycles. The van der Waals surface area contributed by atoms with Gasteiger partial charge in [-0.2, -0.15) is 0 Å². The number of β-amino-alcohol motifs (C(OH)–C–C–N with tert-alkyl or cyclic N) is 1. The zero-order valence-electron chi connectivity index (χ0n) is 19.5. The predicted octanol–water partition coefficient (Wildman–Crippen LogP) is 2.93. The number of likely N-dealkylation sites (tertiary alicyclic amines) is 1. The minimum absolute atomic E-state index is 0.0358. The third-order valence-corrected chi connectivity index (χ3v) is 7.11. The molecule has 9 heteroatoms. The van der Waals surface area contributed by atoms with Gasteiger partial charge in [0, 0.05) is 38.1 Å². The molecule has 2 aromatic heterocycles. The maximum absolute atomic E-state index is 13.5. The summed E-state index contributed by atoms with van der Waals surface area (Å²) in [7, 11) is 0. The monoisotopic (exact) mass is 479 g/mol. The summed E-state index contributed by atoms with van der Waals surface area (Å²) in [6, 6.07) is 7.27. The van der Waals surface area contributed by atoms with E-state index < -0.39 is 18.1 Å². The molecule has 1 aromatic carbocycles. The van der Waals surface area contributed by atoms with Crippen molar-refractivity contribution in [2.24, 2.45) is 5.92 Å². The molecule has 34 heavy (non-hydrogen) atoms. The Morgan fingerprint density at radius 2 is 1.97 bits per heavy atom. The van der Waals surface area contributed by atoms with Crippen molar-refractivity contribution in [2.75, 3.05) is 6.54 Å². The van der Waals surface area contributed by atoms with Gasteiger partial charge in [-0.05, 0) is 24.0 Å². The Kier molecular flexibility index (Phi) is 7.33. The molecule has 1 aliphatic rings. The zero-order valence-corrected chi connectivity index (χ0v) is 20.3. The van der Waals surface area contributed by atoms with Gasteiger partial charge in [-0.3, -0.25) is 19.6 Å². The smallest absolute Gasteiger partial charge is 0.243 e. The molecule has 4 rings (SSSR count). The summed E-state index contributed by atoms with van der Waals surface area (Å²) in [5.74, 6) is -1.05. The number of aliphatic hydroxyl groups is 1. The maximum Gasteiger partial charge on any atom is 0.243 e. The minimum Gasteiger partial charge on any atom is -0.391 e. The molecule has 0 spiro atoms. The molecule has 1 aliphatic heterocycles. The Labute approximate surface area is 203 Å². The van der Waals surface area contributed by atoms with Crippen LogP contribution in [-0.4, -0.2) is 55.5 Å². The number of aliphatic hydroxyl groups excluding tert-OH is 1. The van der Waals surface area contributed by atoms with Gasteiger partial charge in [-0.15, -0.1) is 11.3 Å². The lowest BCUT2D eigenvalue weighted by atomic mass is 9.91. The molecule has 0 radical (unpaired) electrons. The number of hydrogen-bond donors (Lipinski definition) is 2. The topological polar surface area (TPSA) is 108 Å². The molecule has 0 aliphatic carbocycles. The lowest BCUT2D eigenvalue weighted by molar-refractivity contribution is -0.140. The van der Waals surface area contributed by atoms with E-state index in [1.54, 1.807) is 29.9 Å². The number of carbonyl (C=O) groups is 2. The zero-order chi connectivity index (χ0) is 24.2. The van der Waals surface area contributed by atoms with Crippen molar-refractivity contribution in [3.63, 3.8) is 0 Å². The Morgan fingerprint density at radius 3 is 2.59 bits per heavy atom. The molecular formula is C25H29N5O3S. The second-order valence-electron chi connectivity index (χ2n) is 8.93. The first kappa shape index (κ1) is 24.0. The molecule has 2 N–H and O–H groups in total.